The van der Waals surface area contributed by atoms with Crippen LogP contribution in [0.4, 0.5) is 0 Å². The molecular weight excluding hydrogens is 344 g/mol. The Morgan fingerprint density at radius 1 is 1.26 bits per heavy atom. The molecule has 2 aliphatic heterocycles. The van der Waals surface area contributed by atoms with E-state index < -0.39 is 11.4 Å². The Kier molecular flexibility index (Phi) is 4.47. The summed E-state index contributed by atoms with van der Waals surface area (Å²) in [7, 11) is 1.77. The molecule has 2 fully saturated rings. The van der Waals surface area contributed by atoms with E-state index in [2.05, 4.69) is 10.4 Å². The summed E-state index contributed by atoms with van der Waals surface area (Å²) in [6, 6.07) is 11.4. The van der Waals surface area contributed by atoms with Crippen molar-refractivity contribution in [3.05, 3.63) is 42.1 Å². The molecule has 4 rings (SSSR count). The number of carbonyl (C=O) groups is 2. The van der Waals surface area contributed by atoms with Gasteiger partial charge in [-0.25, -0.2) is 0 Å². The first-order valence-electron chi connectivity index (χ1n) is 9.37. The molecule has 1 aromatic heterocycles. The maximum Gasteiger partial charge on any atom is 0.311 e. The van der Waals surface area contributed by atoms with Crippen molar-refractivity contribution in [2.75, 3.05) is 19.6 Å². The molecule has 2 N–H and O–H groups in total. The van der Waals surface area contributed by atoms with Gasteiger partial charge in [0.2, 0.25) is 0 Å². The first kappa shape index (κ1) is 17.7. The van der Waals surface area contributed by atoms with Crippen LogP contribution in [-0.4, -0.2) is 57.3 Å². The van der Waals surface area contributed by atoms with Gasteiger partial charge in [0.1, 0.15) is 5.69 Å². The number of rotatable bonds is 3. The van der Waals surface area contributed by atoms with Gasteiger partial charge in [0.05, 0.1) is 11.1 Å². The highest BCUT2D eigenvalue weighted by atomic mass is 16.4. The van der Waals surface area contributed by atoms with Gasteiger partial charge in [0.15, 0.2) is 0 Å². The molecule has 0 unspecified atom stereocenters. The van der Waals surface area contributed by atoms with Crippen LogP contribution in [0.2, 0.25) is 0 Å². The highest BCUT2D eigenvalue weighted by Gasteiger charge is 2.51. The second-order valence-electron chi connectivity index (χ2n) is 7.48. The number of aryl methyl sites for hydroxylation is 1. The zero-order chi connectivity index (χ0) is 19.0. The summed E-state index contributed by atoms with van der Waals surface area (Å²) < 4.78 is 1.61. The Morgan fingerprint density at radius 3 is 2.78 bits per heavy atom. The fraction of sp³-hybridized carbons (Fsp3) is 0.450. The number of fused-ring (bicyclic) bond motifs is 1. The molecule has 7 heteroatoms. The molecule has 2 saturated heterocycles. The van der Waals surface area contributed by atoms with Crippen LogP contribution < -0.4 is 5.32 Å². The summed E-state index contributed by atoms with van der Waals surface area (Å²) in [5, 5.41) is 17.6. The lowest BCUT2D eigenvalue weighted by atomic mass is 9.69. The molecule has 2 aliphatic rings. The minimum absolute atomic E-state index is 0.0986. The van der Waals surface area contributed by atoms with E-state index in [1.54, 1.807) is 16.6 Å². The van der Waals surface area contributed by atoms with Crippen LogP contribution in [0, 0.1) is 5.41 Å². The average molecular weight is 368 g/mol. The molecule has 2 atom stereocenters. The van der Waals surface area contributed by atoms with Crippen molar-refractivity contribution >= 4 is 11.9 Å². The number of amides is 1. The minimum atomic E-state index is -0.753. The fourth-order valence-corrected chi connectivity index (χ4v) is 4.36. The van der Waals surface area contributed by atoms with E-state index in [0.29, 0.717) is 31.6 Å². The number of nitrogens with one attached hydrogen (secondary N) is 1. The molecule has 3 heterocycles. The first-order valence-corrected chi connectivity index (χ1v) is 9.37. The largest absolute Gasteiger partial charge is 0.481 e. The van der Waals surface area contributed by atoms with Crippen LogP contribution in [0.25, 0.3) is 11.3 Å². The molecule has 142 valence electrons. The first-order chi connectivity index (χ1) is 13.0. The summed E-state index contributed by atoms with van der Waals surface area (Å²) >= 11 is 0. The van der Waals surface area contributed by atoms with Crippen LogP contribution in [0.5, 0.6) is 0 Å². The van der Waals surface area contributed by atoms with Crippen LogP contribution in [0.3, 0.4) is 0 Å². The van der Waals surface area contributed by atoms with Gasteiger partial charge in [0, 0.05) is 31.7 Å². The average Bonchev–Trinajstić information content (AvgIpc) is 3.09. The molecule has 0 saturated carbocycles. The summed E-state index contributed by atoms with van der Waals surface area (Å²) in [5.74, 6) is -0.850. The Morgan fingerprint density at radius 2 is 2.04 bits per heavy atom. The lowest BCUT2D eigenvalue weighted by Crippen LogP contribution is -2.63. The predicted octanol–water partition coefficient (Wildman–Crippen LogP) is 1.76. The second kappa shape index (κ2) is 6.81. The molecule has 0 spiro atoms. The number of hydrogen-bond acceptors (Lipinski definition) is 4. The Labute approximate surface area is 158 Å². The quantitative estimate of drug-likeness (QED) is 0.862. The van der Waals surface area contributed by atoms with Crippen molar-refractivity contribution in [3.63, 3.8) is 0 Å². The van der Waals surface area contributed by atoms with Crippen LogP contribution in [0.15, 0.2) is 36.4 Å². The molecule has 7 nitrogen and oxygen atoms in total. The number of benzene rings is 1. The van der Waals surface area contributed by atoms with E-state index in [1.165, 1.54) is 0 Å². The maximum atomic E-state index is 13.1. The summed E-state index contributed by atoms with van der Waals surface area (Å²) in [5.41, 5.74) is 1.49. The number of carboxylic acid groups (broad SMARTS) is 1. The van der Waals surface area contributed by atoms with Gasteiger partial charge in [-0.3, -0.25) is 14.3 Å². The fourth-order valence-electron chi connectivity index (χ4n) is 4.36. The zero-order valence-corrected chi connectivity index (χ0v) is 15.4. The van der Waals surface area contributed by atoms with Gasteiger partial charge in [0.25, 0.3) is 5.91 Å². The number of nitrogens with zero attached hydrogens (tertiary/aromatic N) is 3. The molecule has 1 aromatic carbocycles. The van der Waals surface area contributed by atoms with Crippen molar-refractivity contribution in [2.24, 2.45) is 12.5 Å². The van der Waals surface area contributed by atoms with Gasteiger partial charge in [-0.1, -0.05) is 30.3 Å². The molecule has 0 radical (unpaired) electrons. The highest BCUT2D eigenvalue weighted by Crippen LogP contribution is 2.39. The zero-order valence-electron chi connectivity index (χ0n) is 15.4. The van der Waals surface area contributed by atoms with E-state index in [1.807, 2.05) is 36.4 Å². The van der Waals surface area contributed by atoms with Gasteiger partial charge >= 0.3 is 5.97 Å². The third-order valence-electron chi connectivity index (χ3n) is 5.97. The van der Waals surface area contributed by atoms with E-state index in [0.717, 1.165) is 24.2 Å². The van der Waals surface area contributed by atoms with Crippen molar-refractivity contribution in [3.8, 4) is 11.3 Å². The van der Waals surface area contributed by atoms with Gasteiger partial charge in [-0.15, -0.1) is 0 Å². The number of carboxylic acids is 1. The standard InChI is InChI=1S/C20H24N4O3/c1-23-16(12-15(22-23)14-6-3-2-4-7-14)18(25)24-11-9-20(19(26)27)8-5-10-21-17(20)13-24/h2-4,6-7,12,17,21H,5,8-11,13H2,1H3,(H,26,27)/t17-,20+/m1/s1. The Hall–Kier alpha value is -2.67. The third-order valence-corrected chi connectivity index (χ3v) is 5.97. The van der Waals surface area contributed by atoms with Crippen LogP contribution in [-0.2, 0) is 11.8 Å². The summed E-state index contributed by atoms with van der Waals surface area (Å²) in [6.07, 6.45) is 2.01. The predicted molar refractivity (Wildman–Crippen MR) is 100 cm³/mol. The maximum absolute atomic E-state index is 13.1. The highest BCUT2D eigenvalue weighted by molar-refractivity contribution is 5.94. The van der Waals surface area contributed by atoms with Crippen molar-refractivity contribution in [1.29, 1.82) is 0 Å². The smallest absolute Gasteiger partial charge is 0.311 e. The Balaban J connectivity index is 1.56. The van der Waals surface area contributed by atoms with Gasteiger partial charge in [-0.2, -0.15) is 5.10 Å². The topological polar surface area (TPSA) is 87.5 Å². The molecule has 2 aromatic rings. The van der Waals surface area contributed by atoms with Gasteiger partial charge < -0.3 is 15.3 Å². The number of carbonyl (C=O) groups excluding carboxylic acids is 1. The molecule has 0 aliphatic carbocycles. The number of piperidine rings is 2. The van der Waals surface area contributed by atoms with E-state index in [9.17, 15) is 14.7 Å². The van der Waals surface area contributed by atoms with Gasteiger partial charge in [-0.05, 0) is 31.9 Å². The number of hydrogen-bond donors (Lipinski definition) is 2. The Bertz CT molecular complexity index is 863. The molecule has 27 heavy (non-hydrogen) atoms. The van der Waals surface area contributed by atoms with E-state index in [-0.39, 0.29) is 11.9 Å². The number of aliphatic carboxylic acids is 1. The lowest BCUT2D eigenvalue weighted by molar-refractivity contribution is -0.156. The third kappa shape index (κ3) is 3.02. The van der Waals surface area contributed by atoms with Crippen molar-refractivity contribution in [2.45, 2.75) is 25.3 Å². The minimum Gasteiger partial charge on any atom is -0.481 e. The lowest BCUT2D eigenvalue weighted by Gasteiger charge is -2.48. The van der Waals surface area contributed by atoms with Crippen molar-refractivity contribution < 1.29 is 14.7 Å². The summed E-state index contributed by atoms with van der Waals surface area (Å²) in [4.78, 5) is 26.8. The molecule has 0 bridgehead atoms. The summed E-state index contributed by atoms with van der Waals surface area (Å²) in [6.45, 7) is 1.66. The number of likely N-dealkylation sites (tertiary alicyclic amines) is 1. The normalized spacial score (nSPS) is 25.1. The van der Waals surface area contributed by atoms with Crippen molar-refractivity contribution in [1.82, 2.24) is 20.0 Å². The SMILES string of the molecule is Cn1nc(-c2ccccc2)cc1C(=O)N1CC[C@@]2(C(=O)O)CCCN[C@@H]2C1. The molecule has 1 amide bonds. The van der Waals surface area contributed by atoms with Crippen LogP contribution in [0.1, 0.15) is 29.8 Å². The van der Waals surface area contributed by atoms with E-state index >= 15 is 0 Å². The van der Waals surface area contributed by atoms with Crippen LogP contribution >= 0.6 is 0 Å². The number of aromatic nitrogens is 2. The monoisotopic (exact) mass is 368 g/mol. The molecular formula is C20H24N4O3. The van der Waals surface area contributed by atoms with E-state index in [4.69, 9.17) is 0 Å². The second-order valence-corrected chi connectivity index (χ2v) is 7.48.